The Morgan fingerprint density at radius 3 is 2.50 bits per heavy atom. The number of hydrogen-bond acceptors (Lipinski definition) is 7. The molecule has 6 nitrogen and oxygen atoms in total. The molecular formula is C16H26N6S2. The monoisotopic (exact) mass is 366 g/mol. The van der Waals surface area contributed by atoms with Crippen LogP contribution in [0.2, 0.25) is 0 Å². The van der Waals surface area contributed by atoms with Gasteiger partial charge in [0.15, 0.2) is 9.50 Å². The van der Waals surface area contributed by atoms with Crippen molar-refractivity contribution in [2.45, 2.75) is 74.3 Å². The molecule has 0 bridgehead atoms. The van der Waals surface area contributed by atoms with Crippen LogP contribution < -0.4 is 5.32 Å². The van der Waals surface area contributed by atoms with E-state index < -0.39 is 0 Å². The molecule has 1 saturated heterocycles. The molecule has 0 aliphatic carbocycles. The van der Waals surface area contributed by atoms with Crippen LogP contribution in [0.25, 0.3) is 0 Å². The molecule has 2 aromatic heterocycles. The van der Waals surface area contributed by atoms with Crippen molar-refractivity contribution >= 4 is 23.3 Å². The number of nitrogens with zero attached hydrogens (tertiary/aromatic N) is 5. The number of piperidine rings is 1. The van der Waals surface area contributed by atoms with Gasteiger partial charge in [0.05, 0.1) is 0 Å². The van der Waals surface area contributed by atoms with Crippen molar-refractivity contribution in [3.8, 4) is 0 Å². The molecule has 0 unspecified atom stereocenters. The smallest absolute Gasteiger partial charge is 0.198 e. The molecule has 1 aliphatic heterocycles. The van der Waals surface area contributed by atoms with Crippen molar-refractivity contribution in [2.24, 2.45) is 0 Å². The van der Waals surface area contributed by atoms with Crippen molar-refractivity contribution < 1.29 is 0 Å². The van der Waals surface area contributed by atoms with Crippen LogP contribution in [0, 0.1) is 0 Å². The summed E-state index contributed by atoms with van der Waals surface area (Å²) in [6.45, 7) is 12.9. The Morgan fingerprint density at radius 1 is 1.21 bits per heavy atom. The van der Waals surface area contributed by atoms with E-state index in [-0.39, 0.29) is 5.41 Å². The highest BCUT2D eigenvalue weighted by Crippen LogP contribution is 2.35. The summed E-state index contributed by atoms with van der Waals surface area (Å²) in [4.78, 5) is 4.68. The normalized spacial score (nSPS) is 16.9. The molecule has 0 saturated carbocycles. The molecule has 8 heteroatoms. The van der Waals surface area contributed by atoms with Gasteiger partial charge in [-0.25, -0.2) is 4.98 Å². The first-order valence-corrected chi connectivity index (χ1v) is 10.1. The van der Waals surface area contributed by atoms with Crippen LogP contribution in [0.4, 0.5) is 0 Å². The minimum absolute atomic E-state index is 0.0265. The van der Waals surface area contributed by atoms with E-state index in [1.807, 2.05) is 0 Å². The minimum atomic E-state index is -0.0265. The van der Waals surface area contributed by atoms with E-state index in [1.165, 1.54) is 11.5 Å². The largest absolute Gasteiger partial charge is 0.317 e. The van der Waals surface area contributed by atoms with Gasteiger partial charge in [0.1, 0.15) is 11.6 Å². The van der Waals surface area contributed by atoms with Gasteiger partial charge in [-0.05, 0) is 63.1 Å². The standard InChI is InChI=1S/C16H26N6S2/c1-10(2)22-12(11-6-8-17-9-7-11)19-20-14(22)23-15-18-13(21-24-15)16(3,4)5/h10-11,17H,6-9H2,1-5H3. The van der Waals surface area contributed by atoms with E-state index in [9.17, 15) is 0 Å². The summed E-state index contributed by atoms with van der Waals surface area (Å²) in [5.74, 6) is 2.51. The van der Waals surface area contributed by atoms with Crippen molar-refractivity contribution in [3.63, 3.8) is 0 Å². The van der Waals surface area contributed by atoms with E-state index in [0.717, 1.165) is 47.1 Å². The highest BCUT2D eigenvalue weighted by molar-refractivity contribution is 8.00. The second-order valence-electron chi connectivity index (χ2n) is 7.56. The second-order valence-corrected chi connectivity index (χ2v) is 9.53. The van der Waals surface area contributed by atoms with Gasteiger partial charge in [-0.1, -0.05) is 20.8 Å². The molecule has 3 heterocycles. The van der Waals surface area contributed by atoms with Crippen LogP contribution >= 0.6 is 23.3 Å². The molecule has 24 heavy (non-hydrogen) atoms. The Bertz CT molecular complexity index is 679. The number of aromatic nitrogens is 5. The van der Waals surface area contributed by atoms with Crippen molar-refractivity contribution in [3.05, 3.63) is 11.6 Å². The highest BCUT2D eigenvalue weighted by atomic mass is 32.2. The quantitative estimate of drug-likeness (QED) is 0.891. The predicted molar refractivity (Wildman–Crippen MR) is 98.0 cm³/mol. The molecular weight excluding hydrogens is 340 g/mol. The molecule has 3 rings (SSSR count). The first-order chi connectivity index (χ1) is 11.4. The maximum atomic E-state index is 4.68. The van der Waals surface area contributed by atoms with E-state index in [2.05, 4.69) is 64.1 Å². The third-order valence-corrected chi connectivity index (χ3v) is 5.88. The first kappa shape index (κ1) is 17.8. The summed E-state index contributed by atoms with van der Waals surface area (Å²) in [5.41, 5.74) is -0.0265. The maximum absolute atomic E-state index is 4.68. The summed E-state index contributed by atoms with van der Waals surface area (Å²) in [7, 11) is 0. The Morgan fingerprint density at radius 2 is 1.92 bits per heavy atom. The Hall–Kier alpha value is -0.990. The lowest BCUT2D eigenvalue weighted by molar-refractivity contribution is 0.412. The van der Waals surface area contributed by atoms with Gasteiger partial charge in [0.2, 0.25) is 0 Å². The minimum Gasteiger partial charge on any atom is -0.317 e. The molecule has 132 valence electrons. The SMILES string of the molecule is CC(C)n1c(Sc2nc(C(C)(C)C)ns2)nnc1C1CCNCC1. The fourth-order valence-electron chi connectivity index (χ4n) is 2.84. The lowest BCUT2D eigenvalue weighted by Gasteiger charge is -2.24. The average molecular weight is 367 g/mol. The predicted octanol–water partition coefficient (Wildman–Crippen LogP) is 3.63. The van der Waals surface area contributed by atoms with E-state index in [1.54, 1.807) is 11.8 Å². The zero-order valence-corrected chi connectivity index (χ0v) is 16.7. The van der Waals surface area contributed by atoms with Crippen LogP contribution in [0.15, 0.2) is 9.50 Å². The van der Waals surface area contributed by atoms with Crippen molar-refractivity contribution in [2.75, 3.05) is 13.1 Å². The van der Waals surface area contributed by atoms with E-state index in [0.29, 0.717) is 12.0 Å². The molecule has 0 amide bonds. The molecule has 1 N–H and O–H groups in total. The fourth-order valence-corrected chi connectivity index (χ4v) is 4.70. The molecule has 2 aromatic rings. The average Bonchev–Trinajstić information content (AvgIpc) is 3.15. The second kappa shape index (κ2) is 7.09. The van der Waals surface area contributed by atoms with Crippen LogP contribution in [-0.4, -0.2) is 37.2 Å². The summed E-state index contributed by atoms with van der Waals surface area (Å²) in [6.07, 6.45) is 2.25. The molecule has 1 fully saturated rings. The topological polar surface area (TPSA) is 68.5 Å². The fraction of sp³-hybridized carbons (Fsp3) is 0.750. The zero-order chi connectivity index (χ0) is 17.3. The van der Waals surface area contributed by atoms with Crippen LogP contribution in [0.1, 0.15) is 71.1 Å². The Kier molecular flexibility index (Phi) is 5.27. The van der Waals surface area contributed by atoms with Gasteiger partial charge in [-0.3, -0.25) is 0 Å². The van der Waals surface area contributed by atoms with E-state index in [4.69, 9.17) is 0 Å². The van der Waals surface area contributed by atoms with Crippen molar-refractivity contribution in [1.29, 1.82) is 0 Å². The van der Waals surface area contributed by atoms with Gasteiger partial charge in [-0.15, -0.1) is 10.2 Å². The Balaban J connectivity index is 1.85. The lowest BCUT2D eigenvalue weighted by atomic mass is 9.96. The lowest BCUT2D eigenvalue weighted by Crippen LogP contribution is -2.28. The third-order valence-electron chi connectivity index (χ3n) is 4.17. The number of rotatable bonds is 4. The Labute approximate surface area is 152 Å². The van der Waals surface area contributed by atoms with Gasteiger partial charge in [0, 0.05) is 17.4 Å². The number of nitrogens with one attached hydrogen (secondary N) is 1. The number of hydrogen-bond donors (Lipinski definition) is 1. The molecule has 0 spiro atoms. The summed E-state index contributed by atoms with van der Waals surface area (Å²) >= 11 is 3.03. The van der Waals surface area contributed by atoms with Gasteiger partial charge < -0.3 is 9.88 Å². The van der Waals surface area contributed by atoms with Gasteiger partial charge in [0.25, 0.3) is 0 Å². The van der Waals surface area contributed by atoms with E-state index >= 15 is 0 Å². The van der Waals surface area contributed by atoms with Crippen LogP contribution in [-0.2, 0) is 5.41 Å². The van der Waals surface area contributed by atoms with Crippen LogP contribution in [0.3, 0.4) is 0 Å². The molecule has 0 radical (unpaired) electrons. The maximum Gasteiger partial charge on any atom is 0.198 e. The zero-order valence-electron chi connectivity index (χ0n) is 15.0. The van der Waals surface area contributed by atoms with Gasteiger partial charge >= 0.3 is 0 Å². The molecule has 0 aromatic carbocycles. The first-order valence-electron chi connectivity index (χ1n) is 8.54. The molecule has 0 atom stereocenters. The molecule has 1 aliphatic rings. The third kappa shape index (κ3) is 3.81. The highest BCUT2D eigenvalue weighted by Gasteiger charge is 2.26. The van der Waals surface area contributed by atoms with Gasteiger partial charge in [-0.2, -0.15) is 4.37 Å². The summed E-state index contributed by atoms with van der Waals surface area (Å²) in [5, 5.41) is 13.4. The van der Waals surface area contributed by atoms with Crippen molar-refractivity contribution in [1.82, 2.24) is 29.4 Å². The summed E-state index contributed by atoms with van der Waals surface area (Å²) < 4.78 is 7.71. The van der Waals surface area contributed by atoms with Crippen LogP contribution in [0.5, 0.6) is 0 Å². The summed E-state index contributed by atoms with van der Waals surface area (Å²) in [6, 6.07) is 0.336.